The number of hydrogen-bond donors (Lipinski definition) is 0. The topological polar surface area (TPSA) is 52.1 Å². The molecule has 4 heteroatoms. The first-order valence-corrected chi connectivity index (χ1v) is 18.7. The fraction of sp³-hybridized carbons (Fsp3) is 0. The molecule has 3 aromatic heterocycles. The maximum absolute atomic E-state index is 9.75. The van der Waals surface area contributed by atoms with Gasteiger partial charge < -0.3 is 8.83 Å². The summed E-state index contributed by atoms with van der Waals surface area (Å²) in [6.07, 6.45) is 0. The van der Waals surface area contributed by atoms with Gasteiger partial charge in [-0.25, -0.2) is 9.97 Å². The molecule has 0 radical (unpaired) electrons. The van der Waals surface area contributed by atoms with Gasteiger partial charge in [0.25, 0.3) is 0 Å². The zero-order valence-corrected chi connectivity index (χ0v) is 30.1. The number of rotatable bonds is 6. The van der Waals surface area contributed by atoms with Gasteiger partial charge in [0.2, 0.25) is 0 Å². The summed E-state index contributed by atoms with van der Waals surface area (Å²) in [5.74, 6) is 0.563. The minimum absolute atomic E-state index is 0.262. The summed E-state index contributed by atoms with van der Waals surface area (Å²) in [6.45, 7) is 0. The van der Waals surface area contributed by atoms with Gasteiger partial charge in [0.15, 0.2) is 5.82 Å². The molecule has 0 N–H and O–H groups in total. The Hall–Kier alpha value is -7.56. The normalized spacial score (nSPS) is 11.8. The van der Waals surface area contributed by atoms with Crippen LogP contribution in [0.25, 0.3) is 111 Å². The number of nitrogens with zero attached hydrogens (tertiary/aromatic N) is 2. The second kappa shape index (κ2) is 13.1. The van der Waals surface area contributed by atoms with Crippen molar-refractivity contribution in [3.8, 4) is 67.3 Å². The molecule has 11 aromatic rings. The lowest BCUT2D eigenvalue weighted by Gasteiger charge is -2.14. The van der Waals surface area contributed by atoms with E-state index in [9.17, 15) is 1.37 Å². The van der Waals surface area contributed by atoms with Crippen LogP contribution in [0.4, 0.5) is 0 Å². The Morgan fingerprint density at radius 2 is 0.714 bits per heavy atom. The Balaban J connectivity index is 1.13. The van der Waals surface area contributed by atoms with Gasteiger partial charge in [0, 0.05) is 38.2 Å². The first-order valence-electron chi connectivity index (χ1n) is 19.2. The molecule has 3 heterocycles. The van der Waals surface area contributed by atoms with Crippen LogP contribution in [-0.2, 0) is 0 Å². The van der Waals surface area contributed by atoms with Crippen LogP contribution in [0.2, 0.25) is 0 Å². The van der Waals surface area contributed by atoms with Gasteiger partial charge in [-0.05, 0) is 94.0 Å². The second-order valence-electron chi connectivity index (χ2n) is 14.1. The Kier molecular flexibility index (Phi) is 7.21. The predicted octanol–water partition coefficient (Wildman–Crippen LogP) is 14.3. The molecule has 0 saturated carbocycles. The highest BCUT2D eigenvalue weighted by Crippen LogP contribution is 2.39. The average molecular weight is 718 g/mol. The highest BCUT2D eigenvalue weighted by Gasteiger charge is 2.16. The van der Waals surface area contributed by atoms with E-state index in [2.05, 4.69) is 91.0 Å². The fourth-order valence-corrected chi connectivity index (χ4v) is 7.75. The fourth-order valence-electron chi connectivity index (χ4n) is 7.75. The minimum atomic E-state index is 0.262. The lowest BCUT2D eigenvalue weighted by molar-refractivity contribution is 0.668. The van der Waals surface area contributed by atoms with Crippen molar-refractivity contribution in [3.63, 3.8) is 0 Å². The van der Waals surface area contributed by atoms with Crippen LogP contribution in [0.5, 0.6) is 0 Å². The number of benzene rings is 8. The second-order valence-corrected chi connectivity index (χ2v) is 14.1. The van der Waals surface area contributed by atoms with Crippen molar-refractivity contribution in [2.24, 2.45) is 0 Å². The van der Waals surface area contributed by atoms with E-state index >= 15 is 0 Å². The van der Waals surface area contributed by atoms with Gasteiger partial charge in [0.05, 0.1) is 12.8 Å². The van der Waals surface area contributed by atoms with Crippen LogP contribution in [-0.4, -0.2) is 9.97 Å². The highest BCUT2D eigenvalue weighted by molar-refractivity contribution is 6.07. The van der Waals surface area contributed by atoms with Gasteiger partial charge in [-0.2, -0.15) is 0 Å². The van der Waals surface area contributed by atoms with Crippen molar-refractivity contribution in [3.05, 3.63) is 194 Å². The van der Waals surface area contributed by atoms with Crippen molar-refractivity contribution in [1.82, 2.24) is 9.97 Å². The molecule has 0 spiro atoms. The molecule has 0 fully saturated rings. The first kappa shape index (κ1) is 30.9. The van der Waals surface area contributed by atoms with E-state index in [1.165, 1.54) is 0 Å². The van der Waals surface area contributed by atoms with Crippen LogP contribution < -0.4 is 0 Å². The molecular weight excluding hydrogens is 685 g/mol. The summed E-state index contributed by atoms with van der Waals surface area (Å²) in [4.78, 5) is 10.2. The summed E-state index contributed by atoms with van der Waals surface area (Å²) in [6, 6.07) is 64.4. The summed E-state index contributed by atoms with van der Waals surface area (Å²) in [7, 11) is 0. The van der Waals surface area contributed by atoms with E-state index in [0.717, 1.165) is 93.9 Å². The molecule has 0 bridgehead atoms. The minimum Gasteiger partial charge on any atom is -0.456 e. The SMILES string of the molecule is [2H]c1c(-c2ccc(-c3ccccc3)cc2)nc(-c2ccccc2)nc1-c1cc(-c2ccc3oc4ccccc4c3c2)cc(-c2ccc3oc4ccccc4c3c2)c1. The summed E-state index contributed by atoms with van der Waals surface area (Å²) in [5, 5.41) is 4.25. The number of para-hydroxylation sites is 2. The van der Waals surface area contributed by atoms with Gasteiger partial charge >= 0.3 is 0 Å². The Morgan fingerprint density at radius 1 is 0.304 bits per heavy atom. The number of fused-ring (bicyclic) bond motifs is 6. The summed E-state index contributed by atoms with van der Waals surface area (Å²) in [5.41, 5.74) is 13.4. The van der Waals surface area contributed by atoms with Gasteiger partial charge in [0.1, 0.15) is 22.3 Å². The quantitative estimate of drug-likeness (QED) is 0.172. The smallest absolute Gasteiger partial charge is 0.160 e. The van der Waals surface area contributed by atoms with E-state index in [0.29, 0.717) is 17.2 Å². The molecule has 56 heavy (non-hydrogen) atoms. The Bertz CT molecular complexity index is 3160. The third-order valence-corrected chi connectivity index (χ3v) is 10.6. The standard InChI is InChI=1S/C52H32N2O2/c1-3-11-33(12-4-1)34-19-21-35(22-20-34)46-32-47(54-52(53-46)36-13-5-2-6-14-36)41-28-39(37-23-25-50-44(30-37)42-15-7-9-17-48(42)55-50)27-40(29-41)38-24-26-51-45(31-38)43-16-8-10-18-49(43)56-51/h1-32H/i32D. The molecule has 0 aliphatic rings. The number of aromatic nitrogens is 2. The van der Waals surface area contributed by atoms with Gasteiger partial charge in [-0.3, -0.25) is 0 Å². The third kappa shape index (κ3) is 5.64. The van der Waals surface area contributed by atoms with Crippen molar-refractivity contribution < 1.29 is 10.2 Å². The van der Waals surface area contributed by atoms with Crippen LogP contribution in [0.3, 0.4) is 0 Å². The van der Waals surface area contributed by atoms with Crippen molar-refractivity contribution in [1.29, 1.82) is 0 Å². The van der Waals surface area contributed by atoms with Crippen molar-refractivity contribution >= 4 is 43.9 Å². The average Bonchev–Trinajstić information content (AvgIpc) is 3.85. The van der Waals surface area contributed by atoms with Gasteiger partial charge in [-0.1, -0.05) is 133 Å². The molecule has 11 rings (SSSR count). The predicted molar refractivity (Wildman–Crippen MR) is 229 cm³/mol. The van der Waals surface area contributed by atoms with E-state index in [4.69, 9.17) is 18.8 Å². The number of hydrogen-bond acceptors (Lipinski definition) is 4. The first-order chi connectivity index (χ1) is 28.1. The maximum Gasteiger partial charge on any atom is 0.160 e. The van der Waals surface area contributed by atoms with Gasteiger partial charge in [-0.15, -0.1) is 0 Å². The monoisotopic (exact) mass is 717 g/mol. The van der Waals surface area contributed by atoms with Crippen LogP contribution in [0, 0.1) is 0 Å². The van der Waals surface area contributed by atoms with E-state index in [-0.39, 0.29) is 6.04 Å². The van der Waals surface area contributed by atoms with Crippen LogP contribution >= 0.6 is 0 Å². The molecular formula is C52H32N2O2. The summed E-state index contributed by atoms with van der Waals surface area (Å²) < 4.78 is 22.2. The summed E-state index contributed by atoms with van der Waals surface area (Å²) >= 11 is 0. The largest absolute Gasteiger partial charge is 0.456 e. The molecule has 0 aliphatic heterocycles. The zero-order chi connectivity index (χ0) is 37.9. The molecule has 8 aromatic carbocycles. The van der Waals surface area contributed by atoms with Crippen molar-refractivity contribution in [2.75, 3.05) is 0 Å². The van der Waals surface area contributed by atoms with Crippen molar-refractivity contribution in [2.45, 2.75) is 0 Å². The molecule has 0 aliphatic carbocycles. The van der Waals surface area contributed by atoms with E-state index in [1.54, 1.807) is 0 Å². The van der Waals surface area contributed by atoms with Crippen LogP contribution in [0.1, 0.15) is 1.37 Å². The maximum atomic E-state index is 9.75. The lowest BCUT2D eigenvalue weighted by atomic mass is 9.93. The highest BCUT2D eigenvalue weighted by atomic mass is 16.3. The molecule has 0 unspecified atom stereocenters. The third-order valence-electron chi connectivity index (χ3n) is 10.6. The van der Waals surface area contributed by atoms with E-state index in [1.807, 2.05) is 97.1 Å². The Morgan fingerprint density at radius 3 is 1.29 bits per heavy atom. The number of furan rings is 2. The molecule has 262 valence electrons. The zero-order valence-electron chi connectivity index (χ0n) is 31.1. The van der Waals surface area contributed by atoms with Crippen LogP contribution in [0.15, 0.2) is 203 Å². The molecule has 0 atom stereocenters. The Labute approximate surface area is 324 Å². The molecule has 0 saturated heterocycles. The van der Waals surface area contributed by atoms with E-state index < -0.39 is 0 Å². The molecule has 0 amide bonds. The lowest BCUT2D eigenvalue weighted by Crippen LogP contribution is -1.96. The molecule has 4 nitrogen and oxygen atoms in total.